The predicted octanol–water partition coefficient (Wildman–Crippen LogP) is 4.30. The number of hydrogen-bond donors (Lipinski definition) is 1. The van der Waals surface area contributed by atoms with Crippen LogP contribution >= 0.6 is 12.2 Å². The number of likely N-dealkylation sites (tertiary alicyclic amines) is 1. The van der Waals surface area contributed by atoms with Crippen molar-refractivity contribution in [3.05, 3.63) is 76.6 Å². The van der Waals surface area contributed by atoms with Crippen molar-refractivity contribution in [2.45, 2.75) is 25.6 Å². The number of nitrogens with zero attached hydrogens (tertiary/aromatic N) is 4. The van der Waals surface area contributed by atoms with Crippen LogP contribution in [-0.4, -0.2) is 31.2 Å². The second kappa shape index (κ2) is 7.76. The predicted molar refractivity (Wildman–Crippen MR) is 106 cm³/mol. The number of nitrogens with one attached hydrogen (secondary N) is 1. The van der Waals surface area contributed by atoms with Crippen molar-refractivity contribution < 1.29 is 0 Å². The summed E-state index contributed by atoms with van der Waals surface area (Å²) in [4.78, 5) is 11.2. The number of pyridine rings is 1. The summed E-state index contributed by atoms with van der Waals surface area (Å²) >= 11 is 5.44. The molecule has 1 fully saturated rings. The van der Waals surface area contributed by atoms with Crippen LogP contribution in [0.5, 0.6) is 0 Å². The Bertz CT molecular complexity index is 930. The van der Waals surface area contributed by atoms with Crippen LogP contribution in [0.2, 0.25) is 0 Å². The average Bonchev–Trinajstić information content (AvgIpc) is 3.29. The second-order valence-electron chi connectivity index (χ2n) is 6.46. The number of aromatic amines is 1. The van der Waals surface area contributed by atoms with Crippen LogP contribution in [0.1, 0.15) is 35.8 Å². The summed E-state index contributed by atoms with van der Waals surface area (Å²) in [5.41, 5.74) is 2.40. The van der Waals surface area contributed by atoms with E-state index in [1.165, 1.54) is 12.0 Å². The van der Waals surface area contributed by atoms with Gasteiger partial charge < -0.3 is 0 Å². The third kappa shape index (κ3) is 3.81. The quantitative estimate of drug-likeness (QED) is 0.687. The van der Waals surface area contributed by atoms with Gasteiger partial charge in [-0.3, -0.25) is 15.0 Å². The van der Waals surface area contributed by atoms with Crippen molar-refractivity contribution in [1.29, 1.82) is 0 Å². The summed E-state index contributed by atoms with van der Waals surface area (Å²) in [7, 11) is 0. The maximum atomic E-state index is 5.44. The van der Waals surface area contributed by atoms with E-state index in [9.17, 15) is 0 Å². The molecule has 3 heterocycles. The van der Waals surface area contributed by atoms with Gasteiger partial charge in [-0.05, 0) is 48.3 Å². The third-order valence-corrected chi connectivity index (χ3v) is 5.00. The van der Waals surface area contributed by atoms with Gasteiger partial charge in [0.2, 0.25) is 4.77 Å². The summed E-state index contributed by atoms with van der Waals surface area (Å²) in [6.45, 7) is 1.76. The molecule has 6 heteroatoms. The standard InChI is InChI=1S/C20H21N5S/c26-20-22-19(11-10-16-6-2-1-3-7-16)23-25(20)15-24-13-5-9-18(24)17-8-4-12-21-14-17/h1-4,6-8,10-12,14,18H,5,9,13,15H2,(H,22,23,26). The van der Waals surface area contributed by atoms with Gasteiger partial charge in [0.05, 0.1) is 6.67 Å². The zero-order valence-corrected chi connectivity index (χ0v) is 15.3. The van der Waals surface area contributed by atoms with Gasteiger partial charge in [-0.1, -0.05) is 42.5 Å². The van der Waals surface area contributed by atoms with Crippen LogP contribution in [-0.2, 0) is 6.67 Å². The van der Waals surface area contributed by atoms with Crippen molar-refractivity contribution in [3.8, 4) is 0 Å². The summed E-state index contributed by atoms with van der Waals surface area (Å²) in [6.07, 6.45) is 10.1. The summed E-state index contributed by atoms with van der Waals surface area (Å²) in [5, 5.41) is 3.31. The molecular formula is C20H21N5S. The number of benzene rings is 1. The molecule has 0 spiro atoms. The van der Waals surface area contributed by atoms with Crippen molar-refractivity contribution in [1.82, 2.24) is 24.6 Å². The molecule has 2 aromatic heterocycles. The number of hydrogen-bond acceptors (Lipinski definition) is 4. The second-order valence-corrected chi connectivity index (χ2v) is 6.83. The Morgan fingerprint density at radius 2 is 2.04 bits per heavy atom. The van der Waals surface area contributed by atoms with Crippen LogP contribution in [0.4, 0.5) is 0 Å². The van der Waals surface area contributed by atoms with Gasteiger partial charge in [0.1, 0.15) is 5.82 Å². The van der Waals surface area contributed by atoms with E-state index in [0.29, 0.717) is 17.5 Å². The normalized spacial score (nSPS) is 17.9. The Kier molecular flexibility index (Phi) is 5.04. The van der Waals surface area contributed by atoms with Gasteiger partial charge in [-0.15, -0.1) is 0 Å². The van der Waals surface area contributed by atoms with E-state index in [-0.39, 0.29) is 0 Å². The molecule has 0 saturated carbocycles. The molecule has 1 atom stereocenters. The molecule has 1 aromatic carbocycles. The van der Waals surface area contributed by atoms with E-state index < -0.39 is 0 Å². The monoisotopic (exact) mass is 363 g/mol. The summed E-state index contributed by atoms with van der Waals surface area (Å²) < 4.78 is 2.52. The van der Waals surface area contributed by atoms with E-state index in [1.807, 2.05) is 53.5 Å². The van der Waals surface area contributed by atoms with E-state index in [2.05, 4.69) is 38.2 Å². The van der Waals surface area contributed by atoms with Crippen molar-refractivity contribution in [3.63, 3.8) is 0 Å². The molecule has 1 N–H and O–H groups in total. The maximum Gasteiger partial charge on any atom is 0.217 e. The van der Waals surface area contributed by atoms with Gasteiger partial charge in [-0.25, -0.2) is 4.68 Å². The van der Waals surface area contributed by atoms with Crippen LogP contribution in [0.25, 0.3) is 12.2 Å². The maximum absolute atomic E-state index is 5.44. The highest BCUT2D eigenvalue weighted by atomic mass is 32.1. The minimum Gasteiger partial charge on any atom is -0.278 e. The number of aromatic nitrogens is 4. The molecule has 1 aliphatic heterocycles. The van der Waals surface area contributed by atoms with E-state index >= 15 is 0 Å². The lowest BCUT2D eigenvalue weighted by Crippen LogP contribution is -2.27. The minimum atomic E-state index is 0.386. The Labute approximate surface area is 158 Å². The molecule has 3 aromatic rings. The minimum absolute atomic E-state index is 0.386. The first kappa shape index (κ1) is 16.9. The van der Waals surface area contributed by atoms with Crippen molar-refractivity contribution >= 4 is 24.4 Å². The molecule has 26 heavy (non-hydrogen) atoms. The highest BCUT2D eigenvalue weighted by Crippen LogP contribution is 2.31. The molecule has 1 unspecified atom stereocenters. The van der Waals surface area contributed by atoms with Gasteiger partial charge in [0.15, 0.2) is 0 Å². The first-order valence-electron chi connectivity index (χ1n) is 8.83. The fraction of sp³-hybridized carbons (Fsp3) is 0.250. The van der Waals surface area contributed by atoms with Crippen molar-refractivity contribution in [2.24, 2.45) is 0 Å². The lowest BCUT2D eigenvalue weighted by atomic mass is 10.1. The number of rotatable bonds is 5. The molecule has 0 bridgehead atoms. The smallest absolute Gasteiger partial charge is 0.217 e. The molecular weight excluding hydrogens is 342 g/mol. The largest absolute Gasteiger partial charge is 0.278 e. The Balaban J connectivity index is 1.49. The molecule has 0 amide bonds. The molecule has 5 nitrogen and oxygen atoms in total. The molecule has 1 saturated heterocycles. The van der Waals surface area contributed by atoms with Crippen LogP contribution in [0.3, 0.4) is 0 Å². The van der Waals surface area contributed by atoms with E-state index in [1.54, 1.807) is 0 Å². The first-order valence-corrected chi connectivity index (χ1v) is 9.24. The van der Waals surface area contributed by atoms with Gasteiger partial charge in [0.25, 0.3) is 0 Å². The fourth-order valence-corrected chi connectivity index (χ4v) is 3.61. The zero-order chi connectivity index (χ0) is 17.8. The van der Waals surface area contributed by atoms with Gasteiger partial charge in [-0.2, -0.15) is 4.98 Å². The molecule has 0 aliphatic carbocycles. The number of H-pyrrole nitrogens is 1. The van der Waals surface area contributed by atoms with E-state index in [4.69, 9.17) is 12.2 Å². The fourth-order valence-electron chi connectivity index (χ4n) is 3.41. The Hall–Kier alpha value is -2.57. The third-order valence-electron chi connectivity index (χ3n) is 4.69. The summed E-state index contributed by atoms with van der Waals surface area (Å²) in [5.74, 6) is 0.774. The molecule has 1 aliphatic rings. The lowest BCUT2D eigenvalue weighted by molar-refractivity contribution is 0.190. The van der Waals surface area contributed by atoms with Crippen molar-refractivity contribution in [2.75, 3.05) is 6.54 Å². The topological polar surface area (TPSA) is 49.7 Å². The average molecular weight is 363 g/mol. The molecule has 0 radical (unpaired) electrons. The Morgan fingerprint density at radius 3 is 2.85 bits per heavy atom. The van der Waals surface area contributed by atoms with Crippen LogP contribution in [0, 0.1) is 4.77 Å². The Morgan fingerprint density at radius 1 is 1.15 bits per heavy atom. The zero-order valence-electron chi connectivity index (χ0n) is 14.5. The highest BCUT2D eigenvalue weighted by Gasteiger charge is 2.26. The highest BCUT2D eigenvalue weighted by molar-refractivity contribution is 7.71. The van der Waals surface area contributed by atoms with Crippen LogP contribution in [0.15, 0.2) is 54.9 Å². The van der Waals surface area contributed by atoms with Gasteiger partial charge >= 0.3 is 0 Å². The first-order chi connectivity index (χ1) is 12.8. The van der Waals surface area contributed by atoms with Crippen LogP contribution < -0.4 is 0 Å². The summed E-state index contributed by atoms with van der Waals surface area (Å²) in [6, 6.07) is 14.7. The SMILES string of the molecule is S=c1nc(C=Cc2ccccc2)[nH]n1CN1CCCC1c1cccnc1. The molecule has 4 rings (SSSR count). The van der Waals surface area contributed by atoms with Gasteiger partial charge in [0, 0.05) is 25.0 Å². The molecule has 132 valence electrons. The lowest BCUT2D eigenvalue weighted by Gasteiger charge is -2.24. The van der Waals surface area contributed by atoms with E-state index in [0.717, 1.165) is 24.4 Å².